The number of aromatic nitrogens is 1. The van der Waals surface area contributed by atoms with Crippen LogP contribution in [0.25, 0.3) is 0 Å². The summed E-state index contributed by atoms with van der Waals surface area (Å²) in [5.74, 6) is -0.340. The van der Waals surface area contributed by atoms with Crippen molar-refractivity contribution in [3.05, 3.63) is 51.2 Å². The van der Waals surface area contributed by atoms with Crippen molar-refractivity contribution in [3.8, 4) is 0 Å². The van der Waals surface area contributed by atoms with Gasteiger partial charge in [0.25, 0.3) is 5.91 Å². The van der Waals surface area contributed by atoms with Crippen LogP contribution in [-0.4, -0.2) is 28.9 Å². The van der Waals surface area contributed by atoms with E-state index in [1.54, 1.807) is 10.3 Å². The summed E-state index contributed by atoms with van der Waals surface area (Å²) in [5, 5.41) is 2.69. The van der Waals surface area contributed by atoms with Crippen LogP contribution in [0, 0.1) is 5.82 Å². The summed E-state index contributed by atoms with van der Waals surface area (Å²) in [5.41, 5.74) is 2.48. The van der Waals surface area contributed by atoms with Crippen LogP contribution in [0.2, 0.25) is 0 Å². The molecule has 0 aliphatic carbocycles. The Hall–Kier alpha value is -1.79. The van der Waals surface area contributed by atoms with Crippen molar-refractivity contribution in [1.82, 2.24) is 9.88 Å². The highest BCUT2D eigenvalue weighted by Gasteiger charge is 2.26. The Morgan fingerprint density at radius 1 is 1.39 bits per heavy atom. The van der Waals surface area contributed by atoms with Crippen LogP contribution < -0.4 is 0 Å². The molecule has 2 aliphatic heterocycles. The molecular formula is C17H17FN2O2S. The van der Waals surface area contributed by atoms with Crippen LogP contribution in [-0.2, 0) is 17.7 Å². The molecule has 3 heterocycles. The van der Waals surface area contributed by atoms with Gasteiger partial charge in [-0.3, -0.25) is 4.79 Å². The van der Waals surface area contributed by atoms with Gasteiger partial charge in [-0.2, -0.15) is 0 Å². The fraction of sp³-hybridized carbons (Fsp3) is 0.412. The lowest BCUT2D eigenvalue weighted by Crippen LogP contribution is -2.36. The second kappa shape index (κ2) is 6.02. The molecule has 0 radical (unpaired) electrons. The molecule has 23 heavy (non-hydrogen) atoms. The van der Waals surface area contributed by atoms with Crippen LogP contribution in [0.3, 0.4) is 0 Å². The van der Waals surface area contributed by atoms with Crippen LogP contribution >= 0.6 is 11.3 Å². The summed E-state index contributed by atoms with van der Waals surface area (Å²) in [4.78, 5) is 18.9. The van der Waals surface area contributed by atoms with Gasteiger partial charge in [0.15, 0.2) is 0 Å². The summed E-state index contributed by atoms with van der Waals surface area (Å²) in [6.45, 7) is 1.85. The van der Waals surface area contributed by atoms with Crippen molar-refractivity contribution in [2.45, 2.75) is 31.9 Å². The van der Waals surface area contributed by atoms with Gasteiger partial charge < -0.3 is 9.64 Å². The molecule has 2 aliphatic rings. The zero-order valence-electron chi connectivity index (χ0n) is 12.6. The van der Waals surface area contributed by atoms with Crippen LogP contribution in [0.5, 0.6) is 0 Å². The number of hydrogen-bond acceptors (Lipinski definition) is 4. The molecule has 1 fully saturated rings. The predicted molar refractivity (Wildman–Crippen MR) is 84.9 cm³/mol. The highest BCUT2D eigenvalue weighted by atomic mass is 32.1. The van der Waals surface area contributed by atoms with E-state index in [2.05, 4.69) is 4.98 Å². The number of rotatable bonds is 2. The van der Waals surface area contributed by atoms with Crippen molar-refractivity contribution in [2.75, 3.05) is 13.2 Å². The Morgan fingerprint density at radius 3 is 3.13 bits per heavy atom. The Bertz CT molecular complexity index is 740. The first-order valence-electron chi connectivity index (χ1n) is 7.84. The van der Waals surface area contributed by atoms with Gasteiger partial charge >= 0.3 is 0 Å². The van der Waals surface area contributed by atoms with Gasteiger partial charge in [-0.1, -0.05) is 6.07 Å². The molecule has 120 valence electrons. The number of carbonyl (C=O) groups excluding carboxylic acids is 1. The topological polar surface area (TPSA) is 42.4 Å². The van der Waals surface area contributed by atoms with E-state index in [9.17, 15) is 9.18 Å². The summed E-state index contributed by atoms with van der Waals surface area (Å²) >= 11 is 1.48. The zero-order valence-corrected chi connectivity index (χ0v) is 13.4. The lowest BCUT2D eigenvalue weighted by molar-refractivity contribution is 0.0727. The number of halogens is 1. The summed E-state index contributed by atoms with van der Waals surface area (Å²) in [7, 11) is 0. The smallest absolute Gasteiger partial charge is 0.273 e. The van der Waals surface area contributed by atoms with Crippen LogP contribution in [0.1, 0.15) is 45.6 Å². The third-order valence-electron chi connectivity index (χ3n) is 4.41. The van der Waals surface area contributed by atoms with E-state index >= 15 is 0 Å². The molecule has 0 N–H and O–H groups in total. The minimum absolute atomic E-state index is 0.0396. The standard InChI is InChI=1S/C17H17FN2O2S/c18-13-4-3-11-5-6-20(9-12(11)8-13)17(21)14-10-23-16(19-14)15-2-1-7-22-15/h3-4,8,10,15H,1-2,5-7,9H2. The predicted octanol–water partition coefficient (Wildman–Crippen LogP) is 3.33. The normalized spacial score (nSPS) is 20.6. The highest BCUT2D eigenvalue weighted by Crippen LogP contribution is 2.31. The Balaban J connectivity index is 1.51. The highest BCUT2D eigenvalue weighted by molar-refractivity contribution is 7.09. The van der Waals surface area contributed by atoms with Gasteiger partial charge in [0.1, 0.15) is 22.6 Å². The number of carbonyl (C=O) groups is 1. The summed E-state index contributed by atoms with van der Waals surface area (Å²) in [6, 6.07) is 4.81. The molecule has 0 spiro atoms. The maximum absolute atomic E-state index is 13.4. The maximum Gasteiger partial charge on any atom is 0.273 e. The van der Waals surface area contributed by atoms with Gasteiger partial charge in [-0.05, 0) is 42.5 Å². The van der Waals surface area contributed by atoms with E-state index in [4.69, 9.17) is 4.74 Å². The molecule has 1 saturated heterocycles. The van der Waals surface area contributed by atoms with Crippen molar-refractivity contribution in [2.24, 2.45) is 0 Å². The average molecular weight is 332 g/mol. The lowest BCUT2D eigenvalue weighted by atomic mass is 9.99. The maximum atomic E-state index is 13.4. The second-order valence-corrected chi connectivity index (χ2v) is 6.85. The molecule has 0 bridgehead atoms. The zero-order chi connectivity index (χ0) is 15.8. The number of hydrogen-bond donors (Lipinski definition) is 0. The molecule has 4 rings (SSSR count). The van der Waals surface area contributed by atoms with Crippen molar-refractivity contribution in [1.29, 1.82) is 0 Å². The van der Waals surface area contributed by atoms with Gasteiger partial charge in [0, 0.05) is 25.1 Å². The molecule has 0 saturated carbocycles. The minimum Gasteiger partial charge on any atom is -0.371 e. The van der Waals surface area contributed by atoms with Crippen LogP contribution in [0.4, 0.5) is 4.39 Å². The van der Waals surface area contributed by atoms with Crippen molar-refractivity contribution < 1.29 is 13.9 Å². The van der Waals surface area contributed by atoms with Crippen molar-refractivity contribution >= 4 is 17.2 Å². The summed E-state index contributed by atoms with van der Waals surface area (Å²) in [6.07, 6.45) is 2.81. The molecule has 1 unspecified atom stereocenters. The molecule has 1 aromatic heterocycles. The van der Waals surface area contributed by atoms with Gasteiger partial charge in [0.2, 0.25) is 0 Å². The third-order valence-corrected chi connectivity index (χ3v) is 5.35. The SMILES string of the molecule is O=C(c1csc(C2CCCO2)n1)N1CCc2ccc(F)cc2C1. The monoisotopic (exact) mass is 332 g/mol. The molecule has 4 nitrogen and oxygen atoms in total. The first-order valence-corrected chi connectivity index (χ1v) is 8.72. The number of amides is 1. The quantitative estimate of drug-likeness (QED) is 0.847. The van der Waals surface area contributed by atoms with E-state index in [1.165, 1.54) is 23.5 Å². The second-order valence-electron chi connectivity index (χ2n) is 5.96. The van der Waals surface area contributed by atoms with Gasteiger partial charge in [0.05, 0.1) is 0 Å². The van der Waals surface area contributed by atoms with E-state index in [1.807, 2.05) is 6.07 Å². The number of ether oxygens (including phenoxy) is 1. The lowest BCUT2D eigenvalue weighted by Gasteiger charge is -2.28. The van der Waals surface area contributed by atoms with E-state index in [0.29, 0.717) is 18.8 Å². The molecule has 6 heteroatoms. The Morgan fingerprint density at radius 2 is 2.30 bits per heavy atom. The van der Waals surface area contributed by atoms with Crippen molar-refractivity contribution in [3.63, 3.8) is 0 Å². The molecule has 1 aromatic carbocycles. The largest absolute Gasteiger partial charge is 0.371 e. The average Bonchev–Trinajstić information content (AvgIpc) is 3.24. The third kappa shape index (κ3) is 2.88. The fourth-order valence-corrected chi connectivity index (χ4v) is 4.04. The number of benzene rings is 1. The van der Waals surface area contributed by atoms with Gasteiger partial charge in [-0.25, -0.2) is 9.37 Å². The Kier molecular flexibility index (Phi) is 3.87. The first kappa shape index (κ1) is 14.8. The molecule has 2 aromatic rings. The van der Waals surface area contributed by atoms with Gasteiger partial charge in [-0.15, -0.1) is 11.3 Å². The molecule has 1 amide bonds. The Labute approximate surface area is 137 Å². The van der Waals surface area contributed by atoms with Crippen LogP contribution in [0.15, 0.2) is 23.6 Å². The van der Waals surface area contributed by atoms with E-state index in [0.717, 1.165) is 42.0 Å². The number of thiazole rings is 1. The number of fused-ring (bicyclic) bond motifs is 1. The van der Waals surface area contributed by atoms with E-state index in [-0.39, 0.29) is 17.8 Å². The summed E-state index contributed by atoms with van der Waals surface area (Å²) < 4.78 is 19.0. The van der Waals surface area contributed by atoms with E-state index < -0.39 is 0 Å². The molecule has 1 atom stereocenters. The first-order chi connectivity index (χ1) is 11.2. The fourth-order valence-electron chi connectivity index (χ4n) is 3.17. The minimum atomic E-state index is -0.257. The number of nitrogens with zero attached hydrogens (tertiary/aromatic N) is 2. The molecular weight excluding hydrogens is 315 g/mol.